The van der Waals surface area contributed by atoms with Gasteiger partial charge in [0.2, 0.25) is 0 Å². The van der Waals surface area contributed by atoms with Gasteiger partial charge in [-0.2, -0.15) is 0 Å². The molecule has 0 saturated carbocycles. The molecule has 1 nitrogen and oxygen atoms in total. The predicted molar refractivity (Wildman–Crippen MR) is 66.8 cm³/mol. The van der Waals surface area contributed by atoms with Gasteiger partial charge in [0.1, 0.15) is 5.15 Å². The molecule has 0 amide bonds. The topological polar surface area (TPSA) is 4.93 Å². The molecule has 2 heteroatoms. The molecule has 0 aliphatic carbocycles. The van der Waals surface area contributed by atoms with Crippen LogP contribution in [0, 0.1) is 13.8 Å². The first-order chi connectivity index (χ1) is 7.02. The molecule has 0 radical (unpaired) electrons. The zero-order chi connectivity index (χ0) is 11.2. The van der Waals surface area contributed by atoms with E-state index < -0.39 is 0 Å². The van der Waals surface area contributed by atoms with Gasteiger partial charge in [0, 0.05) is 16.9 Å². The molecular formula is C13H16ClN. The summed E-state index contributed by atoms with van der Waals surface area (Å²) >= 11 is 6.35. The van der Waals surface area contributed by atoms with Crippen molar-refractivity contribution < 1.29 is 0 Å². The zero-order valence-corrected chi connectivity index (χ0v) is 10.4. The molecule has 0 bridgehead atoms. The number of fused-ring (bicyclic) bond motifs is 1. The van der Waals surface area contributed by atoms with Crippen LogP contribution in [0.5, 0.6) is 0 Å². The van der Waals surface area contributed by atoms with E-state index >= 15 is 0 Å². The largest absolute Gasteiger partial charge is 0.329 e. The Labute approximate surface area is 95.7 Å². The number of aromatic nitrogens is 1. The van der Waals surface area contributed by atoms with Crippen LogP contribution >= 0.6 is 11.6 Å². The minimum Gasteiger partial charge on any atom is -0.329 e. The van der Waals surface area contributed by atoms with Gasteiger partial charge in [-0.3, -0.25) is 0 Å². The monoisotopic (exact) mass is 221 g/mol. The normalized spacial score (nSPS) is 11.6. The highest BCUT2D eigenvalue weighted by molar-refractivity contribution is 6.32. The maximum Gasteiger partial charge on any atom is 0.113 e. The lowest BCUT2D eigenvalue weighted by Crippen LogP contribution is -2.00. The molecule has 80 valence electrons. The standard InChI is InChI=1S/C13H16ClN/c1-8(2)15-12-7-9(3)5-6-11(12)10(4)13(15)14/h5-8H,1-4H3. The molecule has 1 heterocycles. The van der Waals surface area contributed by atoms with E-state index in [0.29, 0.717) is 6.04 Å². The molecule has 0 atom stereocenters. The van der Waals surface area contributed by atoms with E-state index in [1.165, 1.54) is 22.0 Å². The van der Waals surface area contributed by atoms with E-state index in [4.69, 9.17) is 11.6 Å². The van der Waals surface area contributed by atoms with E-state index in [0.717, 1.165) is 5.15 Å². The average Bonchev–Trinajstić information content (AvgIpc) is 2.39. The van der Waals surface area contributed by atoms with Gasteiger partial charge in [0.05, 0.1) is 0 Å². The van der Waals surface area contributed by atoms with E-state index in [1.807, 2.05) is 0 Å². The molecule has 1 aromatic heterocycles. The summed E-state index contributed by atoms with van der Waals surface area (Å²) in [7, 11) is 0. The smallest absolute Gasteiger partial charge is 0.113 e. The van der Waals surface area contributed by atoms with Crippen molar-refractivity contribution in [3.63, 3.8) is 0 Å². The number of aryl methyl sites for hydroxylation is 2. The summed E-state index contributed by atoms with van der Waals surface area (Å²) in [6.45, 7) is 8.51. The van der Waals surface area contributed by atoms with Gasteiger partial charge in [-0.05, 0) is 44.9 Å². The van der Waals surface area contributed by atoms with Gasteiger partial charge in [0.25, 0.3) is 0 Å². The number of nitrogens with zero attached hydrogens (tertiary/aromatic N) is 1. The summed E-state index contributed by atoms with van der Waals surface area (Å²) in [5.41, 5.74) is 3.70. The molecule has 0 fully saturated rings. The number of benzene rings is 1. The molecule has 15 heavy (non-hydrogen) atoms. The molecule has 0 N–H and O–H groups in total. The van der Waals surface area contributed by atoms with Crippen LogP contribution < -0.4 is 0 Å². The lowest BCUT2D eigenvalue weighted by Gasteiger charge is -2.11. The third kappa shape index (κ3) is 1.55. The summed E-state index contributed by atoms with van der Waals surface area (Å²) in [4.78, 5) is 0. The average molecular weight is 222 g/mol. The molecule has 0 unspecified atom stereocenters. The highest BCUT2D eigenvalue weighted by atomic mass is 35.5. The Bertz CT molecular complexity index is 509. The van der Waals surface area contributed by atoms with Gasteiger partial charge in [0.15, 0.2) is 0 Å². The van der Waals surface area contributed by atoms with Crippen LogP contribution in [0.1, 0.15) is 31.0 Å². The third-order valence-corrected chi connectivity index (χ3v) is 3.32. The van der Waals surface area contributed by atoms with Crippen molar-refractivity contribution in [1.82, 2.24) is 4.57 Å². The zero-order valence-electron chi connectivity index (χ0n) is 9.63. The summed E-state index contributed by atoms with van der Waals surface area (Å²) < 4.78 is 2.19. The Morgan fingerprint density at radius 1 is 1.20 bits per heavy atom. The lowest BCUT2D eigenvalue weighted by atomic mass is 10.1. The van der Waals surface area contributed by atoms with Crippen LogP contribution in [0.2, 0.25) is 5.15 Å². The van der Waals surface area contributed by atoms with Crippen molar-refractivity contribution in [2.45, 2.75) is 33.7 Å². The summed E-state index contributed by atoms with van der Waals surface area (Å²) in [6, 6.07) is 6.89. The molecule has 1 aromatic carbocycles. The van der Waals surface area contributed by atoms with E-state index in [2.05, 4.69) is 50.5 Å². The van der Waals surface area contributed by atoms with E-state index in [9.17, 15) is 0 Å². The molecule has 0 aliphatic rings. The van der Waals surface area contributed by atoms with E-state index in [-0.39, 0.29) is 0 Å². The van der Waals surface area contributed by atoms with Crippen molar-refractivity contribution in [1.29, 1.82) is 0 Å². The third-order valence-electron chi connectivity index (χ3n) is 2.85. The summed E-state index contributed by atoms with van der Waals surface area (Å²) in [5, 5.41) is 2.13. The van der Waals surface area contributed by atoms with Crippen LogP contribution in [-0.2, 0) is 0 Å². The van der Waals surface area contributed by atoms with Crippen LogP contribution in [0.4, 0.5) is 0 Å². The van der Waals surface area contributed by atoms with Crippen molar-refractivity contribution in [2.24, 2.45) is 0 Å². The second-order valence-electron chi connectivity index (χ2n) is 4.40. The van der Waals surface area contributed by atoms with Gasteiger partial charge in [-0.1, -0.05) is 23.7 Å². The summed E-state index contributed by atoms with van der Waals surface area (Å²) in [5.74, 6) is 0. The predicted octanol–water partition coefficient (Wildman–Crippen LogP) is 4.49. The van der Waals surface area contributed by atoms with Gasteiger partial charge < -0.3 is 4.57 Å². The molecule has 0 spiro atoms. The first-order valence-electron chi connectivity index (χ1n) is 5.29. The molecule has 2 rings (SSSR count). The minimum atomic E-state index is 0.399. The first-order valence-corrected chi connectivity index (χ1v) is 5.67. The Kier molecular flexibility index (Phi) is 2.51. The van der Waals surface area contributed by atoms with Crippen molar-refractivity contribution in [3.05, 3.63) is 34.5 Å². The quantitative estimate of drug-likeness (QED) is 0.669. The Morgan fingerprint density at radius 3 is 2.47 bits per heavy atom. The minimum absolute atomic E-state index is 0.399. The number of halogens is 1. The number of rotatable bonds is 1. The van der Waals surface area contributed by atoms with E-state index in [1.54, 1.807) is 0 Å². The number of hydrogen-bond acceptors (Lipinski definition) is 0. The maximum atomic E-state index is 6.35. The lowest BCUT2D eigenvalue weighted by molar-refractivity contribution is 0.622. The molecular weight excluding hydrogens is 206 g/mol. The molecule has 0 saturated heterocycles. The second-order valence-corrected chi connectivity index (χ2v) is 4.76. The second kappa shape index (κ2) is 3.57. The van der Waals surface area contributed by atoms with Gasteiger partial charge in [-0.25, -0.2) is 0 Å². The van der Waals surface area contributed by atoms with Crippen molar-refractivity contribution in [3.8, 4) is 0 Å². The first kappa shape index (κ1) is 10.6. The Hall–Kier alpha value is -0.950. The molecule has 2 aromatic rings. The van der Waals surface area contributed by atoms with Crippen LogP contribution in [0.15, 0.2) is 18.2 Å². The van der Waals surface area contributed by atoms with Gasteiger partial charge in [-0.15, -0.1) is 0 Å². The highest BCUT2D eigenvalue weighted by Crippen LogP contribution is 2.32. The number of hydrogen-bond donors (Lipinski definition) is 0. The van der Waals surface area contributed by atoms with Gasteiger partial charge >= 0.3 is 0 Å². The van der Waals surface area contributed by atoms with Crippen molar-refractivity contribution in [2.75, 3.05) is 0 Å². The van der Waals surface area contributed by atoms with Crippen LogP contribution in [-0.4, -0.2) is 4.57 Å². The summed E-state index contributed by atoms with van der Waals surface area (Å²) in [6.07, 6.45) is 0. The fourth-order valence-corrected chi connectivity index (χ4v) is 2.45. The van der Waals surface area contributed by atoms with Crippen LogP contribution in [0.3, 0.4) is 0 Å². The fraction of sp³-hybridized carbons (Fsp3) is 0.385. The highest BCUT2D eigenvalue weighted by Gasteiger charge is 2.13. The molecule has 0 aliphatic heterocycles. The Morgan fingerprint density at radius 2 is 1.87 bits per heavy atom. The Balaban J connectivity index is 2.88. The maximum absolute atomic E-state index is 6.35. The SMILES string of the molecule is Cc1ccc2c(C)c(Cl)n(C(C)C)c2c1. The fourth-order valence-electron chi connectivity index (χ4n) is 2.06. The van der Waals surface area contributed by atoms with Crippen molar-refractivity contribution >= 4 is 22.5 Å². The van der Waals surface area contributed by atoms with Crippen LogP contribution in [0.25, 0.3) is 10.9 Å².